The summed E-state index contributed by atoms with van der Waals surface area (Å²) in [6.45, 7) is 9.48. The molecule has 1 aliphatic heterocycles. The lowest BCUT2D eigenvalue weighted by atomic mass is 10.4. The third-order valence-corrected chi connectivity index (χ3v) is 6.90. The van der Waals surface area contributed by atoms with Gasteiger partial charge >= 0.3 is 0 Å². The van der Waals surface area contributed by atoms with Crippen LogP contribution in [0.3, 0.4) is 0 Å². The highest BCUT2D eigenvalue weighted by atomic mass is 32.2. The molecule has 2 aromatic heterocycles. The first-order valence-electron chi connectivity index (χ1n) is 8.35. The summed E-state index contributed by atoms with van der Waals surface area (Å²) in [7, 11) is -3.52. The van der Waals surface area contributed by atoms with Crippen molar-refractivity contribution >= 4 is 10.0 Å². The second kappa shape index (κ2) is 6.29. The second-order valence-electron chi connectivity index (χ2n) is 6.03. The van der Waals surface area contributed by atoms with E-state index in [9.17, 15) is 8.42 Å². The van der Waals surface area contributed by atoms with Gasteiger partial charge in [0, 0.05) is 26.1 Å². The first kappa shape index (κ1) is 17.1. The van der Waals surface area contributed by atoms with E-state index in [1.54, 1.807) is 18.5 Å². The molecule has 0 bridgehead atoms. The zero-order valence-corrected chi connectivity index (χ0v) is 15.5. The van der Waals surface area contributed by atoms with Gasteiger partial charge in [-0.25, -0.2) is 8.42 Å². The Hall–Kier alpha value is -1.74. The number of rotatable bonds is 6. The van der Waals surface area contributed by atoms with Crippen LogP contribution >= 0.6 is 0 Å². The predicted molar refractivity (Wildman–Crippen MR) is 89.3 cm³/mol. The topological polar surface area (TPSA) is 85.9 Å². The van der Waals surface area contributed by atoms with Crippen LogP contribution in [0.1, 0.15) is 43.3 Å². The first-order chi connectivity index (χ1) is 11.4. The standard InChI is InChI=1S/C15H24N6O2S/c1-5-19(6-2)24(22,23)15-11(3)18-21(12(15)4)10-14-17-16-13-8-7-9-20(13)14/h5-10H2,1-4H3. The minimum atomic E-state index is -3.52. The SMILES string of the molecule is CCN(CC)S(=O)(=O)c1c(C)nn(Cc2nnc3n2CCC3)c1C. The Balaban J connectivity index is 1.98. The average Bonchev–Trinajstić information content (AvgIpc) is 3.18. The molecule has 0 radical (unpaired) electrons. The van der Waals surface area contributed by atoms with Crippen molar-refractivity contribution in [2.24, 2.45) is 0 Å². The summed E-state index contributed by atoms with van der Waals surface area (Å²) in [5.74, 6) is 1.84. The molecule has 3 rings (SSSR count). The van der Waals surface area contributed by atoms with Crippen molar-refractivity contribution in [1.29, 1.82) is 0 Å². The van der Waals surface area contributed by atoms with Crippen LogP contribution in [0.15, 0.2) is 4.90 Å². The van der Waals surface area contributed by atoms with Crippen LogP contribution in [0, 0.1) is 13.8 Å². The number of hydrogen-bond donors (Lipinski definition) is 0. The van der Waals surface area contributed by atoms with E-state index >= 15 is 0 Å². The van der Waals surface area contributed by atoms with Crippen molar-refractivity contribution in [3.05, 3.63) is 23.0 Å². The molecule has 0 aliphatic carbocycles. The lowest BCUT2D eigenvalue weighted by Gasteiger charge is -2.18. The zero-order valence-electron chi connectivity index (χ0n) is 14.7. The van der Waals surface area contributed by atoms with Crippen LogP contribution in [0.5, 0.6) is 0 Å². The zero-order chi connectivity index (χ0) is 17.5. The fourth-order valence-electron chi connectivity index (χ4n) is 3.36. The molecular formula is C15H24N6O2S. The van der Waals surface area contributed by atoms with Gasteiger partial charge in [0.25, 0.3) is 0 Å². The quantitative estimate of drug-likeness (QED) is 0.777. The van der Waals surface area contributed by atoms with E-state index < -0.39 is 10.0 Å². The second-order valence-corrected chi connectivity index (χ2v) is 7.91. The molecule has 8 nitrogen and oxygen atoms in total. The van der Waals surface area contributed by atoms with E-state index in [-0.39, 0.29) is 0 Å². The predicted octanol–water partition coefficient (Wildman–Crippen LogP) is 1.12. The van der Waals surface area contributed by atoms with E-state index in [1.165, 1.54) is 4.31 Å². The van der Waals surface area contributed by atoms with Crippen molar-refractivity contribution in [2.75, 3.05) is 13.1 Å². The molecule has 132 valence electrons. The number of sulfonamides is 1. The smallest absolute Gasteiger partial charge is 0.246 e. The van der Waals surface area contributed by atoms with Crippen molar-refractivity contribution in [1.82, 2.24) is 28.9 Å². The minimum absolute atomic E-state index is 0.312. The van der Waals surface area contributed by atoms with Gasteiger partial charge < -0.3 is 4.57 Å². The van der Waals surface area contributed by atoms with E-state index in [0.717, 1.165) is 31.0 Å². The fourth-order valence-corrected chi connectivity index (χ4v) is 5.19. The van der Waals surface area contributed by atoms with Gasteiger partial charge in [0.15, 0.2) is 5.82 Å². The van der Waals surface area contributed by atoms with E-state index in [4.69, 9.17) is 0 Å². The van der Waals surface area contributed by atoms with Gasteiger partial charge in [-0.2, -0.15) is 9.40 Å². The molecule has 3 heterocycles. The van der Waals surface area contributed by atoms with E-state index in [2.05, 4.69) is 19.9 Å². The molecule has 24 heavy (non-hydrogen) atoms. The van der Waals surface area contributed by atoms with Gasteiger partial charge in [-0.05, 0) is 20.3 Å². The van der Waals surface area contributed by atoms with Crippen molar-refractivity contribution in [3.63, 3.8) is 0 Å². The Morgan fingerprint density at radius 1 is 1.17 bits per heavy atom. The summed E-state index contributed by atoms with van der Waals surface area (Å²) in [6, 6.07) is 0. The highest BCUT2D eigenvalue weighted by molar-refractivity contribution is 7.89. The Morgan fingerprint density at radius 3 is 2.54 bits per heavy atom. The highest BCUT2D eigenvalue weighted by Gasteiger charge is 2.29. The van der Waals surface area contributed by atoms with Gasteiger partial charge in [-0.3, -0.25) is 4.68 Å². The molecule has 0 fully saturated rings. The molecule has 9 heteroatoms. The molecule has 0 saturated heterocycles. The van der Waals surface area contributed by atoms with Gasteiger partial charge in [-0.1, -0.05) is 13.8 Å². The number of aryl methyl sites for hydroxylation is 2. The molecule has 0 spiro atoms. The number of fused-ring (bicyclic) bond motifs is 1. The molecule has 1 aliphatic rings. The van der Waals surface area contributed by atoms with Crippen LogP contribution < -0.4 is 0 Å². The Bertz CT molecular complexity index is 848. The van der Waals surface area contributed by atoms with Crippen LogP contribution in [0.2, 0.25) is 0 Å². The molecule has 0 atom stereocenters. The third-order valence-electron chi connectivity index (χ3n) is 4.60. The van der Waals surface area contributed by atoms with Gasteiger partial charge in [0.2, 0.25) is 10.0 Å². The monoisotopic (exact) mass is 352 g/mol. The minimum Gasteiger partial charge on any atom is -0.313 e. The third kappa shape index (κ3) is 2.65. The summed E-state index contributed by atoms with van der Waals surface area (Å²) in [4.78, 5) is 0.312. The molecule has 0 N–H and O–H groups in total. The molecule has 0 aromatic carbocycles. The van der Waals surface area contributed by atoms with Gasteiger partial charge in [0.1, 0.15) is 17.3 Å². The van der Waals surface area contributed by atoms with Crippen molar-refractivity contribution in [2.45, 2.75) is 58.5 Å². The molecule has 0 saturated carbocycles. The number of hydrogen-bond acceptors (Lipinski definition) is 5. The van der Waals surface area contributed by atoms with E-state index in [1.807, 2.05) is 13.8 Å². The molecule has 0 unspecified atom stereocenters. The Labute approximate surface area is 142 Å². The summed E-state index contributed by atoms with van der Waals surface area (Å²) >= 11 is 0. The van der Waals surface area contributed by atoms with Crippen LogP contribution in [-0.4, -0.2) is 50.4 Å². The molecule has 0 amide bonds. The number of aromatic nitrogens is 5. The average molecular weight is 352 g/mol. The number of nitrogens with zero attached hydrogens (tertiary/aromatic N) is 6. The van der Waals surface area contributed by atoms with Crippen LogP contribution in [0.25, 0.3) is 0 Å². The van der Waals surface area contributed by atoms with Gasteiger partial charge in [0.05, 0.1) is 11.4 Å². The maximum Gasteiger partial charge on any atom is 0.246 e. The summed E-state index contributed by atoms with van der Waals surface area (Å²) in [5.41, 5.74) is 1.18. The van der Waals surface area contributed by atoms with E-state index in [0.29, 0.717) is 35.9 Å². The molecule has 2 aromatic rings. The maximum absolute atomic E-state index is 12.9. The lowest BCUT2D eigenvalue weighted by molar-refractivity contribution is 0.444. The first-order valence-corrected chi connectivity index (χ1v) is 9.79. The van der Waals surface area contributed by atoms with Crippen molar-refractivity contribution in [3.8, 4) is 0 Å². The van der Waals surface area contributed by atoms with Crippen molar-refractivity contribution < 1.29 is 8.42 Å². The Morgan fingerprint density at radius 2 is 1.88 bits per heavy atom. The summed E-state index contributed by atoms with van der Waals surface area (Å²) < 4.78 is 31.0. The lowest BCUT2D eigenvalue weighted by Crippen LogP contribution is -2.31. The fraction of sp³-hybridized carbons (Fsp3) is 0.667. The van der Waals surface area contributed by atoms with Crippen LogP contribution in [-0.2, 0) is 29.5 Å². The highest BCUT2D eigenvalue weighted by Crippen LogP contribution is 2.24. The largest absolute Gasteiger partial charge is 0.313 e. The Kier molecular flexibility index (Phi) is 4.48. The summed E-state index contributed by atoms with van der Waals surface area (Å²) in [6.07, 6.45) is 2.03. The van der Waals surface area contributed by atoms with Crippen LogP contribution in [0.4, 0.5) is 0 Å². The molecular weight excluding hydrogens is 328 g/mol. The normalized spacial score (nSPS) is 14.5. The maximum atomic E-state index is 12.9. The summed E-state index contributed by atoms with van der Waals surface area (Å²) in [5, 5.41) is 12.9. The van der Waals surface area contributed by atoms with Gasteiger partial charge in [-0.15, -0.1) is 10.2 Å².